The van der Waals surface area contributed by atoms with Crippen LogP contribution < -0.4 is 0 Å². The molecule has 2 aromatic heterocycles. The third kappa shape index (κ3) is 4.81. The first-order valence-corrected chi connectivity index (χ1v) is 14.0. The molecule has 0 spiro atoms. The Bertz CT molecular complexity index is 1440. The summed E-state index contributed by atoms with van der Waals surface area (Å²) in [6, 6.07) is 5.17. The van der Waals surface area contributed by atoms with E-state index in [1.54, 1.807) is 29.8 Å². The lowest BCUT2D eigenvalue weighted by atomic mass is 9.95. The van der Waals surface area contributed by atoms with Gasteiger partial charge in [-0.1, -0.05) is 21.1 Å². The Kier molecular flexibility index (Phi) is 6.12. The van der Waals surface area contributed by atoms with Gasteiger partial charge in [0.05, 0.1) is 13.2 Å². The molecule has 1 aromatic carbocycles. The highest BCUT2D eigenvalue weighted by Crippen LogP contribution is 2.43. The largest absolute Gasteiger partial charge is 0.461 e. The SMILES string of the molecule is CCOC(=O)c1noc(C2CC2)c1C(=O)c1ccc(Br)cc1Cn1nc(S(C)(=O)=O)nc1C1CC1. The molecular formula is C23H23BrN4O6S. The number of nitrogens with zero attached hydrogens (tertiary/aromatic N) is 4. The Morgan fingerprint density at radius 2 is 1.91 bits per heavy atom. The van der Waals surface area contributed by atoms with E-state index in [-0.39, 0.29) is 41.4 Å². The van der Waals surface area contributed by atoms with Gasteiger partial charge in [0.2, 0.25) is 15.5 Å². The zero-order valence-corrected chi connectivity index (χ0v) is 21.6. The second kappa shape index (κ2) is 8.98. The van der Waals surface area contributed by atoms with E-state index in [1.807, 2.05) is 0 Å². The lowest BCUT2D eigenvalue weighted by molar-refractivity contribution is 0.0512. The number of aromatic nitrogens is 4. The second-order valence-electron chi connectivity index (χ2n) is 8.85. The van der Waals surface area contributed by atoms with Crippen molar-refractivity contribution in [3.8, 4) is 0 Å². The van der Waals surface area contributed by atoms with Crippen LogP contribution in [0.4, 0.5) is 0 Å². The number of hydrogen-bond acceptors (Lipinski definition) is 9. The van der Waals surface area contributed by atoms with Crippen molar-refractivity contribution in [3.05, 3.63) is 56.6 Å². The molecule has 2 fully saturated rings. The molecule has 2 heterocycles. The molecule has 5 rings (SSSR count). The Morgan fingerprint density at radius 3 is 2.54 bits per heavy atom. The first-order chi connectivity index (χ1) is 16.7. The van der Waals surface area contributed by atoms with Crippen molar-refractivity contribution in [2.75, 3.05) is 12.9 Å². The van der Waals surface area contributed by atoms with Crippen LogP contribution >= 0.6 is 15.9 Å². The van der Waals surface area contributed by atoms with Gasteiger partial charge in [-0.15, -0.1) is 5.10 Å². The van der Waals surface area contributed by atoms with Gasteiger partial charge in [-0.25, -0.2) is 22.9 Å². The van der Waals surface area contributed by atoms with Crippen molar-refractivity contribution in [1.82, 2.24) is 19.9 Å². The van der Waals surface area contributed by atoms with E-state index in [9.17, 15) is 18.0 Å². The molecule has 0 aliphatic heterocycles. The normalized spacial score (nSPS) is 15.9. The quantitative estimate of drug-likeness (QED) is 0.283. The van der Waals surface area contributed by atoms with Crippen LogP contribution in [0.3, 0.4) is 0 Å². The number of sulfone groups is 1. The maximum absolute atomic E-state index is 13.8. The standard InChI is InChI=1S/C23H23BrN4O6S/c1-3-33-22(30)18-17(20(34-27-18)12-4-5-12)19(29)16-9-8-15(24)10-14(16)11-28-21(13-6-7-13)25-23(26-28)35(2,31)32/h8-10,12-13H,3-7,11H2,1-2H3. The molecule has 35 heavy (non-hydrogen) atoms. The first-order valence-electron chi connectivity index (χ1n) is 11.3. The van der Waals surface area contributed by atoms with Gasteiger partial charge >= 0.3 is 5.97 Å². The molecule has 2 aliphatic carbocycles. The van der Waals surface area contributed by atoms with Crippen LogP contribution in [0.25, 0.3) is 0 Å². The topological polar surface area (TPSA) is 134 Å². The zero-order valence-electron chi connectivity index (χ0n) is 19.2. The Hall–Kier alpha value is -2.86. The van der Waals surface area contributed by atoms with Crippen molar-refractivity contribution in [1.29, 1.82) is 0 Å². The maximum Gasteiger partial charge on any atom is 0.361 e. The highest BCUT2D eigenvalue weighted by Gasteiger charge is 2.38. The lowest BCUT2D eigenvalue weighted by Crippen LogP contribution is -2.16. The molecule has 0 atom stereocenters. The number of benzene rings is 1. The van der Waals surface area contributed by atoms with Crippen LogP contribution in [0.15, 0.2) is 32.4 Å². The van der Waals surface area contributed by atoms with Gasteiger partial charge in [-0.2, -0.15) is 0 Å². The Balaban J connectivity index is 1.57. The van der Waals surface area contributed by atoms with Crippen molar-refractivity contribution in [3.63, 3.8) is 0 Å². The summed E-state index contributed by atoms with van der Waals surface area (Å²) >= 11 is 3.45. The fourth-order valence-electron chi connectivity index (χ4n) is 3.95. The lowest BCUT2D eigenvalue weighted by Gasteiger charge is -2.12. The van der Waals surface area contributed by atoms with E-state index in [0.717, 1.165) is 36.4 Å². The molecule has 0 unspecified atom stereocenters. The second-order valence-corrected chi connectivity index (χ2v) is 11.7. The van der Waals surface area contributed by atoms with Gasteiger partial charge in [0.1, 0.15) is 11.4 Å². The molecule has 184 valence electrons. The predicted octanol–water partition coefficient (Wildman–Crippen LogP) is 3.64. The predicted molar refractivity (Wildman–Crippen MR) is 126 cm³/mol. The van der Waals surface area contributed by atoms with E-state index in [1.165, 1.54) is 0 Å². The smallest absolute Gasteiger partial charge is 0.361 e. The van der Waals surface area contributed by atoms with Gasteiger partial charge < -0.3 is 9.26 Å². The molecule has 10 nitrogen and oxygen atoms in total. The summed E-state index contributed by atoms with van der Waals surface area (Å²) in [5, 5.41) is 7.88. The van der Waals surface area contributed by atoms with Crippen LogP contribution in [0.2, 0.25) is 0 Å². The highest BCUT2D eigenvalue weighted by atomic mass is 79.9. The number of hydrogen-bond donors (Lipinski definition) is 0. The molecule has 0 saturated heterocycles. The van der Waals surface area contributed by atoms with Gasteiger partial charge in [-0.3, -0.25) is 4.79 Å². The number of esters is 1. The molecule has 0 amide bonds. The number of halogens is 1. The fourth-order valence-corrected chi connectivity index (χ4v) is 4.86. The Labute approximate surface area is 210 Å². The number of ether oxygens (including phenoxy) is 1. The third-order valence-electron chi connectivity index (χ3n) is 5.95. The van der Waals surface area contributed by atoms with Crippen molar-refractivity contribution < 1.29 is 27.3 Å². The monoisotopic (exact) mass is 562 g/mol. The van der Waals surface area contributed by atoms with Gasteiger partial charge in [-0.05, 0) is 56.4 Å². The molecular weight excluding hydrogens is 540 g/mol. The summed E-state index contributed by atoms with van der Waals surface area (Å²) in [5.41, 5.74) is 0.912. The van der Waals surface area contributed by atoms with Crippen molar-refractivity contribution >= 4 is 37.5 Å². The number of carbonyl (C=O) groups excluding carboxylic acids is 2. The zero-order chi connectivity index (χ0) is 24.9. The average Bonchev–Trinajstić information content (AvgIpc) is 3.73. The molecule has 2 aliphatic rings. The van der Waals surface area contributed by atoms with E-state index >= 15 is 0 Å². The third-order valence-corrected chi connectivity index (χ3v) is 7.28. The van der Waals surface area contributed by atoms with Gasteiger partial charge in [0.25, 0.3) is 5.16 Å². The molecule has 0 bridgehead atoms. The highest BCUT2D eigenvalue weighted by molar-refractivity contribution is 9.10. The molecule has 2 saturated carbocycles. The van der Waals surface area contributed by atoms with Crippen LogP contribution in [0.1, 0.15) is 88.0 Å². The minimum atomic E-state index is -3.59. The number of rotatable bonds is 9. The number of carbonyl (C=O) groups is 2. The minimum absolute atomic E-state index is 0.0395. The molecule has 0 N–H and O–H groups in total. The van der Waals surface area contributed by atoms with Crippen LogP contribution in [0.5, 0.6) is 0 Å². The van der Waals surface area contributed by atoms with E-state index in [4.69, 9.17) is 9.26 Å². The van der Waals surface area contributed by atoms with Crippen molar-refractivity contribution in [2.24, 2.45) is 0 Å². The van der Waals surface area contributed by atoms with E-state index in [2.05, 4.69) is 31.2 Å². The summed E-state index contributed by atoms with van der Waals surface area (Å²) in [5.74, 6) is 0.0349. The average molecular weight is 563 g/mol. The van der Waals surface area contributed by atoms with Crippen molar-refractivity contribution in [2.45, 2.75) is 56.1 Å². The fraction of sp³-hybridized carbons (Fsp3) is 0.435. The minimum Gasteiger partial charge on any atom is -0.461 e. The molecule has 0 radical (unpaired) electrons. The van der Waals surface area contributed by atoms with E-state index < -0.39 is 21.6 Å². The maximum atomic E-state index is 13.8. The van der Waals surface area contributed by atoms with Gasteiger partial charge in [0, 0.05) is 28.1 Å². The van der Waals surface area contributed by atoms with Gasteiger partial charge in [0.15, 0.2) is 11.5 Å². The molecule has 12 heteroatoms. The van der Waals surface area contributed by atoms with Crippen LogP contribution in [0, 0.1) is 0 Å². The Morgan fingerprint density at radius 1 is 1.20 bits per heavy atom. The summed E-state index contributed by atoms with van der Waals surface area (Å²) in [7, 11) is -3.59. The number of ketones is 1. The summed E-state index contributed by atoms with van der Waals surface area (Å²) in [6.07, 6.45) is 4.58. The van der Waals surface area contributed by atoms with Crippen LogP contribution in [-0.2, 0) is 21.1 Å². The van der Waals surface area contributed by atoms with E-state index in [0.29, 0.717) is 22.7 Å². The summed E-state index contributed by atoms with van der Waals surface area (Å²) < 4.78 is 37.0. The van der Waals surface area contributed by atoms with Crippen LogP contribution in [-0.4, -0.2) is 53.0 Å². The first kappa shape index (κ1) is 23.9. The molecule has 3 aromatic rings. The summed E-state index contributed by atoms with van der Waals surface area (Å²) in [4.78, 5) is 30.6. The summed E-state index contributed by atoms with van der Waals surface area (Å²) in [6.45, 7) is 1.95.